The van der Waals surface area contributed by atoms with Crippen LogP contribution >= 0.6 is 15.9 Å². The maximum atomic E-state index is 12.4. The van der Waals surface area contributed by atoms with Gasteiger partial charge in [-0.15, -0.1) is 0 Å². The molecule has 0 aliphatic heterocycles. The summed E-state index contributed by atoms with van der Waals surface area (Å²) >= 11 is 3.93. The summed E-state index contributed by atoms with van der Waals surface area (Å²) < 4.78 is 5.44. The first-order valence-corrected chi connectivity index (χ1v) is 9.74. The molecule has 0 aromatic heterocycles. The Morgan fingerprint density at radius 3 is 2.28 bits per heavy atom. The van der Waals surface area contributed by atoms with Crippen LogP contribution in [0.4, 0.5) is 0 Å². The van der Waals surface area contributed by atoms with E-state index in [2.05, 4.69) is 15.9 Å². The summed E-state index contributed by atoms with van der Waals surface area (Å²) in [4.78, 5) is 23.9. The lowest BCUT2D eigenvalue weighted by Gasteiger charge is -2.60. The number of Topliss-reactive ketones (excluding diaryl/α,β-unsaturated/α-hetero) is 1. The largest absolute Gasteiger partial charge is 0.508 e. The molecule has 138 valence electrons. The molecule has 4 fully saturated rings. The summed E-state index contributed by atoms with van der Waals surface area (Å²) in [6.07, 6.45) is 7.28. The summed E-state index contributed by atoms with van der Waals surface area (Å²) in [5.41, 5.74) is -0.0735. The number of ether oxygens (including phenoxy) is 1. The van der Waals surface area contributed by atoms with E-state index in [0.29, 0.717) is 18.3 Å². The number of allylic oxidation sites excluding steroid dienone is 1. The van der Waals surface area contributed by atoms with Gasteiger partial charge in [-0.3, -0.25) is 9.59 Å². The molecule has 2 atom stereocenters. The van der Waals surface area contributed by atoms with Gasteiger partial charge in [-0.25, -0.2) is 0 Å². The predicted octanol–water partition coefficient (Wildman–Crippen LogP) is 4.09. The number of carbonyl (C=O) groups is 2. The van der Waals surface area contributed by atoms with E-state index in [1.165, 1.54) is 33.1 Å². The minimum absolute atomic E-state index is 0.0187. The van der Waals surface area contributed by atoms with Crippen molar-refractivity contribution in [1.29, 1.82) is 5.41 Å². The van der Waals surface area contributed by atoms with Gasteiger partial charge >= 0.3 is 5.97 Å². The van der Waals surface area contributed by atoms with E-state index in [1.807, 2.05) is 0 Å². The van der Waals surface area contributed by atoms with E-state index in [1.54, 1.807) is 0 Å². The van der Waals surface area contributed by atoms with E-state index < -0.39 is 5.78 Å². The Kier molecular flexibility index (Phi) is 4.86. The molecule has 0 saturated heterocycles. The van der Waals surface area contributed by atoms with Gasteiger partial charge in [0.2, 0.25) is 0 Å². The fraction of sp³-hybridized carbons (Fsp3) is 0.737. The summed E-state index contributed by atoms with van der Waals surface area (Å²) in [5, 5.41) is 17.6. The lowest BCUT2D eigenvalue weighted by Crippen LogP contribution is -2.53. The summed E-state index contributed by atoms with van der Waals surface area (Å²) in [5.74, 6) is 0.340. The first-order valence-electron chi connectivity index (χ1n) is 8.95. The molecule has 4 rings (SSSR count). The van der Waals surface area contributed by atoms with Crippen LogP contribution in [-0.4, -0.2) is 33.5 Å². The van der Waals surface area contributed by atoms with Crippen LogP contribution in [0.5, 0.6) is 0 Å². The number of aliphatic hydroxyl groups excluding tert-OH is 1. The highest BCUT2D eigenvalue weighted by atomic mass is 79.9. The molecule has 5 nitrogen and oxygen atoms in total. The van der Waals surface area contributed by atoms with Crippen LogP contribution in [0.2, 0.25) is 0 Å². The van der Waals surface area contributed by atoms with Crippen molar-refractivity contribution in [3.63, 3.8) is 0 Å². The summed E-state index contributed by atoms with van der Waals surface area (Å²) in [7, 11) is 0. The first-order chi connectivity index (χ1) is 11.6. The third-order valence-corrected chi connectivity index (χ3v) is 6.94. The van der Waals surface area contributed by atoms with E-state index in [-0.39, 0.29) is 39.4 Å². The zero-order chi connectivity index (χ0) is 18.4. The zero-order valence-electron chi connectivity index (χ0n) is 14.9. The van der Waals surface area contributed by atoms with E-state index in [0.717, 1.165) is 19.3 Å². The fourth-order valence-corrected chi connectivity index (χ4v) is 7.32. The number of nitrogens with one attached hydrogen (secondary N) is 1. The van der Waals surface area contributed by atoms with Crippen LogP contribution < -0.4 is 0 Å². The number of hydrogen-bond donors (Lipinski definition) is 2. The first kappa shape index (κ1) is 18.6. The SMILES string of the molecule is CC(=N)/C(C(C)=O)=C(\O)COC(=O)CC12CC3CC(CC(Br)(C3)C1)C2. The van der Waals surface area contributed by atoms with Crippen molar-refractivity contribution in [2.75, 3.05) is 6.61 Å². The number of halogens is 1. The lowest BCUT2D eigenvalue weighted by atomic mass is 9.49. The Balaban J connectivity index is 1.63. The van der Waals surface area contributed by atoms with Gasteiger partial charge in [-0.2, -0.15) is 0 Å². The van der Waals surface area contributed by atoms with Gasteiger partial charge in [0, 0.05) is 10.0 Å². The molecule has 2 unspecified atom stereocenters. The zero-order valence-corrected chi connectivity index (χ0v) is 16.4. The monoisotopic (exact) mass is 411 g/mol. The van der Waals surface area contributed by atoms with Gasteiger partial charge in [0.25, 0.3) is 0 Å². The molecule has 0 aromatic rings. The smallest absolute Gasteiger partial charge is 0.306 e. The molecule has 25 heavy (non-hydrogen) atoms. The molecule has 4 saturated carbocycles. The molecule has 6 heteroatoms. The van der Waals surface area contributed by atoms with Gasteiger partial charge in [0.15, 0.2) is 5.78 Å². The van der Waals surface area contributed by atoms with Crippen LogP contribution in [0, 0.1) is 22.7 Å². The molecule has 0 spiro atoms. The topological polar surface area (TPSA) is 87.5 Å². The van der Waals surface area contributed by atoms with E-state index >= 15 is 0 Å². The van der Waals surface area contributed by atoms with Crippen molar-refractivity contribution in [3.8, 4) is 0 Å². The van der Waals surface area contributed by atoms with E-state index in [4.69, 9.17) is 10.1 Å². The quantitative estimate of drug-likeness (QED) is 0.226. The summed E-state index contributed by atoms with van der Waals surface area (Å²) in [6.45, 7) is 2.38. The molecule has 0 radical (unpaired) electrons. The van der Waals surface area contributed by atoms with Crippen LogP contribution in [-0.2, 0) is 14.3 Å². The average molecular weight is 412 g/mol. The second-order valence-electron chi connectivity index (χ2n) is 8.45. The van der Waals surface area contributed by atoms with Crippen molar-refractivity contribution in [1.82, 2.24) is 0 Å². The van der Waals surface area contributed by atoms with Gasteiger partial charge in [-0.1, -0.05) is 15.9 Å². The summed E-state index contributed by atoms with van der Waals surface area (Å²) in [6, 6.07) is 0. The Labute approximate surface area is 156 Å². The normalized spacial score (nSPS) is 36.8. The molecule has 0 heterocycles. The average Bonchev–Trinajstić information content (AvgIpc) is 2.40. The molecule has 4 bridgehead atoms. The maximum absolute atomic E-state index is 12.4. The number of aliphatic hydroxyl groups is 1. The molecule has 4 aliphatic carbocycles. The highest BCUT2D eigenvalue weighted by Crippen LogP contribution is 2.65. The van der Waals surface area contributed by atoms with Crippen LogP contribution in [0.1, 0.15) is 58.8 Å². The number of carbonyl (C=O) groups excluding carboxylic acids is 2. The Hall–Kier alpha value is -1.17. The fourth-order valence-electron chi connectivity index (χ4n) is 5.80. The highest BCUT2D eigenvalue weighted by Gasteiger charge is 2.57. The standard InChI is InChI=1S/C19H26BrNO4/c1-11(21)17(12(2)22)15(23)9-25-16(24)8-18-4-13-3-14(5-18)7-19(20,6-13)10-18/h13-14,21,23H,3-10H2,1-2H3/b17-15+,21-11?. The molecular weight excluding hydrogens is 386 g/mol. The van der Waals surface area contributed by atoms with Crippen LogP contribution in [0.3, 0.4) is 0 Å². The third kappa shape index (κ3) is 3.83. The lowest BCUT2D eigenvalue weighted by molar-refractivity contribution is -0.150. The second kappa shape index (κ2) is 6.53. The Morgan fingerprint density at radius 1 is 1.20 bits per heavy atom. The highest BCUT2D eigenvalue weighted by molar-refractivity contribution is 9.10. The van der Waals surface area contributed by atoms with Crippen molar-refractivity contribution in [2.24, 2.45) is 17.3 Å². The number of hydrogen-bond acceptors (Lipinski definition) is 5. The van der Waals surface area contributed by atoms with Gasteiger partial charge in [-0.05, 0) is 69.6 Å². The van der Waals surface area contributed by atoms with E-state index in [9.17, 15) is 14.7 Å². The third-order valence-electron chi connectivity index (χ3n) is 6.02. The van der Waals surface area contributed by atoms with Crippen molar-refractivity contribution < 1.29 is 19.4 Å². The van der Waals surface area contributed by atoms with Crippen molar-refractivity contribution in [3.05, 3.63) is 11.3 Å². The molecule has 4 aliphatic rings. The predicted molar refractivity (Wildman–Crippen MR) is 98.1 cm³/mol. The minimum Gasteiger partial charge on any atom is -0.508 e. The van der Waals surface area contributed by atoms with Crippen molar-refractivity contribution >= 4 is 33.4 Å². The van der Waals surface area contributed by atoms with Gasteiger partial charge < -0.3 is 15.3 Å². The molecule has 0 amide bonds. The molecule has 0 aromatic carbocycles. The number of ketones is 1. The van der Waals surface area contributed by atoms with Crippen LogP contribution in [0.15, 0.2) is 11.3 Å². The Bertz CT molecular complexity index is 624. The molecular formula is C19H26BrNO4. The maximum Gasteiger partial charge on any atom is 0.306 e. The molecule has 2 N–H and O–H groups in total. The van der Waals surface area contributed by atoms with Crippen LogP contribution in [0.25, 0.3) is 0 Å². The van der Waals surface area contributed by atoms with Gasteiger partial charge in [0.05, 0.1) is 12.0 Å². The number of alkyl halides is 1. The number of esters is 1. The van der Waals surface area contributed by atoms with Gasteiger partial charge in [0.1, 0.15) is 12.4 Å². The van der Waals surface area contributed by atoms with Crippen molar-refractivity contribution in [2.45, 2.75) is 63.1 Å². The Morgan fingerprint density at radius 2 is 1.80 bits per heavy atom. The second-order valence-corrected chi connectivity index (χ2v) is 10.1. The number of rotatable bonds is 6. The minimum atomic E-state index is -0.400.